The molecule has 2 aromatic carbocycles. The highest BCUT2D eigenvalue weighted by Gasteiger charge is 2.36. The number of amides is 2. The van der Waals surface area contributed by atoms with Crippen LogP contribution in [0.5, 0.6) is 23.0 Å². The first kappa shape index (κ1) is 22.7. The van der Waals surface area contributed by atoms with Gasteiger partial charge >= 0.3 is 0 Å². The maximum absolute atomic E-state index is 12.3. The fourth-order valence-electron chi connectivity index (χ4n) is 3.41. The van der Waals surface area contributed by atoms with Crippen molar-refractivity contribution < 1.29 is 35.1 Å². The fourth-order valence-corrected chi connectivity index (χ4v) is 3.41. The highest BCUT2D eigenvalue weighted by atomic mass is 16.3. The third kappa shape index (κ3) is 5.79. The fraction of sp³-hybridized carbons (Fsp3) is 0.217. The zero-order chi connectivity index (χ0) is 23.3. The van der Waals surface area contributed by atoms with E-state index in [2.05, 4.69) is 10.6 Å². The summed E-state index contributed by atoms with van der Waals surface area (Å²) in [5.74, 6) is -2.07. The van der Waals surface area contributed by atoms with Gasteiger partial charge in [-0.25, -0.2) is 0 Å². The van der Waals surface area contributed by atoms with E-state index in [0.717, 1.165) is 0 Å². The zero-order valence-electron chi connectivity index (χ0n) is 17.0. The van der Waals surface area contributed by atoms with Crippen LogP contribution in [0.25, 0.3) is 12.2 Å². The lowest BCUT2D eigenvalue weighted by molar-refractivity contribution is -0.120. The van der Waals surface area contributed by atoms with Crippen LogP contribution in [-0.4, -0.2) is 55.5 Å². The molecule has 0 saturated heterocycles. The third-order valence-corrected chi connectivity index (χ3v) is 5.11. The lowest BCUT2D eigenvalue weighted by atomic mass is 10.1. The first-order chi connectivity index (χ1) is 15.2. The number of phenolic OH excluding ortho intramolecular Hbond substituents is 4. The predicted molar refractivity (Wildman–Crippen MR) is 117 cm³/mol. The number of hydrogen-bond acceptors (Lipinski definition) is 7. The van der Waals surface area contributed by atoms with Gasteiger partial charge in [0.1, 0.15) is 0 Å². The summed E-state index contributed by atoms with van der Waals surface area (Å²) in [5.41, 5.74) is 1.01. The van der Waals surface area contributed by atoms with Gasteiger partial charge in [-0.15, -0.1) is 0 Å². The number of phenols is 4. The van der Waals surface area contributed by atoms with Crippen LogP contribution in [0, 0.1) is 0 Å². The number of hydrogen-bond donors (Lipinski definition) is 7. The molecular formula is C23H24N2O7. The van der Waals surface area contributed by atoms with Crippen LogP contribution in [0.2, 0.25) is 0 Å². The van der Waals surface area contributed by atoms with Gasteiger partial charge < -0.3 is 36.2 Å². The largest absolute Gasteiger partial charge is 0.504 e. The Labute approximate surface area is 184 Å². The van der Waals surface area contributed by atoms with Gasteiger partial charge in [0.05, 0.1) is 18.2 Å². The number of carbonyl (C=O) groups is 2. The Bertz CT molecular complexity index is 1060. The Balaban J connectivity index is 1.58. The van der Waals surface area contributed by atoms with E-state index in [4.69, 9.17) is 0 Å². The summed E-state index contributed by atoms with van der Waals surface area (Å²) in [6.45, 7) is 0. The Kier molecular flexibility index (Phi) is 7.01. The van der Waals surface area contributed by atoms with Crippen LogP contribution in [0.1, 0.15) is 24.0 Å². The predicted octanol–water partition coefficient (Wildman–Crippen LogP) is 1.36. The van der Waals surface area contributed by atoms with Gasteiger partial charge in [-0.1, -0.05) is 12.1 Å². The lowest BCUT2D eigenvalue weighted by Crippen LogP contribution is -2.52. The van der Waals surface area contributed by atoms with Gasteiger partial charge in [0.25, 0.3) is 0 Å². The second-order valence-electron chi connectivity index (χ2n) is 7.46. The van der Waals surface area contributed by atoms with E-state index in [1.54, 1.807) is 0 Å². The Morgan fingerprint density at radius 1 is 0.750 bits per heavy atom. The van der Waals surface area contributed by atoms with Gasteiger partial charge in [-0.2, -0.15) is 0 Å². The maximum atomic E-state index is 12.3. The topological polar surface area (TPSA) is 159 Å². The van der Waals surface area contributed by atoms with E-state index in [-0.39, 0.29) is 23.0 Å². The van der Waals surface area contributed by atoms with Gasteiger partial charge in [0.15, 0.2) is 23.0 Å². The molecular weight excluding hydrogens is 416 g/mol. The van der Waals surface area contributed by atoms with Crippen molar-refractivity contribution in [3.63, 3.8) is 0 Å². The van der Waals surface area contributed by atoms with Crippen LogP contribution in [0.4, 0.5) is 0 Å². The monoisotopic (exact) mass is 440 g/mol. The number of aliphatic hydroxyl groups excluding tert-OH is 1. The summed E-state index contributed by atoms with van der Waals surface area (Å²) in [6, 6.07) is 7.09. The highest BCUT2D eigenvalue weighted by molar-refractivity contribution is 5.93. The molecule has 0 aliphatic heterocycles. The molecule has 2 amide bonds. The number of carbonyl (C=O) groups excluding carboxylic acids is 2. The molecule has 3 atom stereocenters. The molecule has 9 nitrogen and oxygen atoms in total. The van der Waals surface area contributed by atoms with Crippen LogP contribution < -0.4 is 10.6 Å². The standard InChI is InChI=1S/C23H24N2O7/c26-16-6-1-13(11-19(16)29)3-9-21(31)24-15-5-8-18(28)23(15)25-22(32)10-4-14-2-7-17(27)20(30)12-14/h1-4,6-7,9-12,15,18,23,26-30H,5,8H2,(H,24,31)(H,25,32)/t15-,18-,23-/m1/s1. The molecule has 2 aromatic rings. The molecule has 0 bridgehead atoms. The molecule has 0 aromatic heterocycles. The molecule has 0 radical (unpaired) electrons. The zero-order valence-corrected chi connectivity index (χ0v) is 17.0. The van der Waals surface area contributed by atoms with Crippen molar-refractivity contribution in [1.82, 2.24) is 10.6 Å². The maximum Gasteiger partial charge on any atom is 0.244 e. The number of aliphatic hydroxyl groups is 1. The lowest BCUT2D eigenvalue weighted by Gasteiger charge is -2.23. The minimum Gasteiger partial charge on any atom is -0.504 e. The molecule has 1 saturated carbocycles. The number of rotatable bonds is 6. The van der Waals surface area contributed by atoms with Crippen molar-refractivity contribution in [3.8, 4) is 23.0 Å². The number of benzene rings is 2. The van der Waals surface area contributed by atoms with Gasteiger partial charge in [0.2, 0.25) is 11.8 Å². The van der Waals surface area contributed by atoms with Crippen molar-refractivity contribution in [2.45, 2.75) is 31.0 Å². The average molecular weight is 440 g/mol. The first-order valence-electron chi connectivity index (χ1n) is 9.92. The Morgan fingerprint density at radius 3 is 1.75 bits per heavy atom. The van der Waals surface area contributed by atoms with Crippen molar-refractivity contribution in [2.75, 3.05) is 0 Å². The van der Waals surface area contributed by atoms with E-state index >= 15 is 0 Å². The van der Waals surface area contributed by atoms with Gasteiger partial charge in [0, 0.05) is 12.2 Å². The minimum atomic E-state index is -0.826. The molecule has 0 spiro atoms. The van der Waals surface area contributed by atoms with Crippen molar-refractivity contribution in [1.29, 1.82) is 0 Å². The summed E-state index contributed by atoms with van der Waals surface area (Å²) < 4.78 is 0. The van der Waals surface area contributed by atoms with Crippen molar-refractivity contribution in [3.05, 3.63) is 59.7 Å². The highest BCUT2D eigenvalue weighted by Crippen LogP contribution is 2.26. The van der Waals surface area contributed by atoms with Crippen molar-refractivity contribution in [2.24, 2.45) is 0 Å². The van der Waals surface area contributed by atoms with Gasteiger partial charge in [-0.3, -0.25) is 9.59 Å². The smallest absolute Gasteiger partial charge is 0.244 e. The van der Waals surface area contributed by atoms with Crippen LogP contribution in [-0.2, 0) is 9.59 Å². The molecule has 32 heavy (non-hydrogen) atoms. The van der Waals surface area contributed by atoms with E-state index in [1.807, 2.05) is 0 Å². The molecule has 3 rings (SSSR count). The summed E-state index contributed by atoms with van der Waals surface area (Å²) >= 11 is 0. The van der Waals surface area contributed by atoms with E-state index < -0.39 is 30.0 Å². The van der Waals surface area contributed by atoms with Crippen LogP contribution >= 0.6 is 0 Å². The molecule has 0 unspecified atom stereocenters. The Morgan fingerprint density at radius 2 is 1.25 bits per heavy atom. The molecule has 0 heterocycles. The second-order valence-corrected chi connectivity index (χ2v) is 7.46. The van der Waals surface area contributed by atoms with E-state index in [9.17, 15) is 35.1 Å². The molecule has 9 heteroatoms. The van der Waals surface area contributed by atoms with Crippen molar-refractivity contribution >= 4 is 24.0 Å². The number of aromatic hydroxyl groups is 4. The SMILES string of the molecule is O=C(C=Cc1ccc(O)c(O)c1)N[C@H]1[C@H](O)CC[C@H]1NC(=O)C=Cc1ccc(O)c(O)c1. The average Bonchev–Trinajstić information content (AvgIpc) is 3.09. The summed E-state index contributed by atoms with van der Waals surface area (Å²) in [7, 11) is 0. The van der Waals surface area contributed by atoms with E-state index in [1.165, 1.54) is 60.7 Å². The summed E-state index contributed by atoms with van der Waals surface area (Å²) in [5, 5.41) is 53.3. The third-order valence-electron chi connectivity index (χ3n) is 5.11. The van der Waals surface area contributed by atoms with Gasteiger partial charge in [-0.05, 0) is 60.4 Å². The van der Waals surface area contributed by atoms with Crippen LogP contribution in [0.15, 0.2) is 48.6 Å². The normalized spacial score (nSPS) is 20.6. The van der Waals surface area contributed by atoms with Crippen LogP contribution in [0.3, 0.4) is 0 Å². The molecule has 7 N–H and O–H groups in total. The molecule has 168 valence electrons. The second kappa shape index (κ2) is 9.88. The molecule has 1 aliphatic carbocycles. The summed E-state index contributed by atoms with van der Waals surface area (Å²) in [6.07, 6.45) is 5.44. The van der Waals surface area contributed by atoms with E-state index in [0.29, 0.717) is 24.0 Å². The summed E-state index contributed by atoms with van der Waals surface area (Å²) in [4.78, 5) is 24.5. The first-order valence-corrected chi connectivity index (χ1v) is 9.92. The Hall–Kier alpha value is -3.98. The quantitative estimate of drug-likeness (QED) is 0.264. The molecule has 1 fully saturated rings. The minimum absolute atomic E-state index is 0.263. The molecule has 1 aliphatic rings. The number of nitrogens with one attached hydrogen (secondary N) is 2.